The van der Waals surface area contributed by atoms with E-state index in [0.29, 0.717) is 27.9 Å². The first kappa shape index (κ1) is 13.4. The van der Waals surface area contributed by atoms with Crippen molar-refractivity contribution in [1.82, 2.24) is 0 Å². The van der Waals surface area contributed by atoms with Gasteiger partial charge in [-0.25, -0.2) is 0 Å². The molecule has 0 fully saturated rings. The van der Waals surface area contributed by atoms with Gasteiger partial charge in [-0.2, -0.15) is 0 Å². The fourth-order valence-corrected chi connectivity index (χ4v) is 2.22. The number of hydrogen-bond acceptors (Lipinski definition) is 5. The summed E-state index contributed by atoms with van der Waals surface area (Å²) in [6, 6.07) is 3.57. The Morgan fingerprint density at radius 2 is 2.10 bits per heavy atom. The lowest BCUT2D eigenvalue weighted by Gasteiger charge is -2.06. The van der Waals surface area contributed by atoms with E-state index in [-0.39, 0.29) is 11.5 Å². The average Bonchev–Trinajstić information content (AvgIpc) is 2.92. The molecule has 0 bridgehead atoms. The van der Waals surface area contributed by atoms with E-state index in [1.54, 1.807) is 18.4 Å². The van der Waals surface area contributed by atoms with Gasteiger partial charge in [-0.05, 0) is 19.9 Å². The van der Waals surface area contributed by atoms with Crippen molar-refractivity contribution in [2.24, 2.45) is 4.99 Å². The van der Waals surface area contributed by atoms with E-state index in [1.165, 1.54) is 19.6 Å². The molecule has 21 heavy (non-hydrogen) atoms. The first-order chi connectivity index (χ1) is 10.1. The third-order valence-corrected chi connectivity index (χ3v) is 3.19. The normalized spacial score (nSPS) is 12.0. The lowest BCUT2D eigenvalue weighted by Crippen LogP contribution is -2.10. The highest BCUT2D eigenvalue weighted by Crippen LogP contribution is 2.33. The molecular weight excluding hydrogens is 270 g/mol. The van der Waals surface area contributed by atoms with Crippen LogP contribution in [-0.4, -0.2) is 19.4 Å². The smallest absolute Gasteiger partial charge is 0.205 e. The average molecular weight is 285 g/mol. The van der Waals surface area contributed by atoms with E-state index in [2.05, 4.69) is 4.99 Å². The van der Waals surface area contributed by atoms with E-state index in [0.717, 1.165) is 5.39 Å². The Labute approximate surface area is 120 Å². The highest BCUT2D eigenvalue weighted by atomic mass is 16.5. The maximum absolute atomic E-state index is 12.6. The van der Waals surface area contributed by atoms with Crippen LogP contribution in [0.4, 0.5) is 0 Å². The molecule has 0 aliphatic rings. The number of ether oxygens (including phenoxy) is 1. The highest BCUT2D eigenvalue weighted by molar-refractivity contribution is 6.02. The van der Waals surface area contributed by atoms with Crippen LogP contribution in [-0.2, 0) is 0 Å². The number of benzene rings is 1. The number of rotatable bonds is 3. The molecule has 0 aliphatic heterocycles. The second kappa shape index (κ2) is 5.09. The second-order valence-electron chi connectivity index (χ2n) is 5.01. The van der Waals surface area contributed by atoms with Gasteiger partial charge in [0.05, 0.1) is 24.3 Å². The summed E-state index contributed by atoms with van der Waals surface area (Å²) in [6.45, 7) is 3.88. The molecule has 0 radical (unpaired) electrons. The van der Waals surface area contributed by atoms with Gasteiger partial charge in [-0.15, -0.1) is 0 Å². The summed E-state index contributed by atoms with van der Waals surface area (Å²) in [4.78, 5) is 16.9. The van der Waals surface area contributed by atoms with Crippen molar-refractivity contribution in [3.05, 3.63) is 40.4 Å². The molecule has 3 aromatic rings. The molecule has 2 aromatic heterocycles. The summed E-state index contributed by atoms with van der Waals surface area (Å²) in [7, 11) is 1.52. The second-order valence-corrected chi connectivity index (χ2v) is 5.01. The van der Waals surface area contributed by atoms with Gasteiger partial charge in [0.1, 0.15) is 28.6 Å². The molecule has 0 aliphatic carbocycles. The van der Waals surface area contributed by atoms with Crippen molar-refractivity contribution in [3.63, 3.8) is 0 Å². The largest absolute Gasteiger partial charge is 0.495 e. The van der Waals surface area contributed by atoms with Crippen LogP contribution in [0.25, 0.3) is 21.9 Å². The van der Waals surface area contributed by atoms with Crippen LogP contribution in [0.2, 0.25) is 0 Å². The lowest BCUT2D eigenvalue weighted by atomic mass is 10.1. The Morgan fingerprint density at radius 1 is 1.29 bits per heavy atom. The minimum atomic E-state index is -0.166. The number of nitrogens with zero attached hydrogens (tertiary/aromatic N) is 1. The summed E-state index contributed by atoms with van der Waals surface area (Å²) >= 11 is 0. The molecule has 0 N–H and O–H groups in total. The van der Waals surface area contributed by atoms with Crippen LogP contribution in [0.3, 0.4) is 0 Å². The van der Waals surface area contributed by atoms with Crippen molar-refractivity contribution in [3.8, 4) is 5.75 Å². The molecule has 2 heterocycles. The zero-order valence-electron chi connectivity index (χ0n) is 12.0. The number of methoxy groups -OCH3 is 1. The van der Waals surface area contributed by atoms with E-state index >= 15 is 0 Å². The fraction of sp³-hybridized carbons (Fsp3) is 0.250. The van der Waals surface area contributed by atoms with Gasteiger partial charge < -0.3 is 13.6 Å². The Bertz CT molecular complexity index is 886. The van der Waals surface area contributed by atoms with Gasteiger partial charge in [0.2, 0.25) is 5.43 Å². The quantitative estimate of drug-likeness (QED) is 0.692. The van der Waals surface area contributed by atoms with Gasteiger partial charge >= 0.3 is 0 Å². The fourth-order valence-electron chi connectivity index (χ4n) is 2.22. The minimum absolute atomic E-state index is 0.110. The molecule has 0 atom stereocenters. The molecule has 0 saturated carbocycles. The predicted molar refractivity (Wildman–Crippen MR) is 81.5 cm³/mol. The van der Waals surface area contributed by atoms with Gasteiger partial charge in [0.15, 0.2) is 0 Å². The maximum atomic E-state index is 12.6. The number of hydrogen-bond donors (Lipinski definition) is 0. The Kier molecular flexibility index (Phi) is 3.25. The van der Waals surface area contributed by atoms with Crippen LogP contribution < -0.4 is 10.2 Å². The van der Waals surface area contributed by atoms with Crippen LogP contribution in [0.5, 0.6) is 5.75 Å². The van der Waals surface area contributed by atoms with Crippen LogP contribution in [0.15, 0.2) is 43.3 Å². The molecule has 5 heteroatoms. The number of furan rings is 1. The SMILES string of the molecule is COc1c2ccoc2cc2occ(C=NC(C)C)c(=O)c12. The van der Waals surface area contributed by atoms with Gasteiger partial charge in [0, 0.05) is 18.3 Å². The standard InChI is InChI=1S/C16H15NO4/c1-9(2)17-7-10-8-21-13-6-12-11(4-5-20-12)16(19-3)14(13)15(10)18/h4-9H,1-3H3. The van der Waals surface area contributed by atoms with Crippen molar-refractivity contribution < 1.29 is 13.6 Å². The summed E-state index contributed by atoms with van der Waals surface area (Å²) in [5.41, 5.74) is 1.28. The maximum Gasteiger partial charge on any atom is 0.205 e. The van der Waals surface area contributed by atoms with Crippen molar-refractivity contribution in [2.75, 3.05) is 7.11 Å². The van der Waals surface area contributed by atoms with Crippen LogP contribution >= 0.6 is 0 Å². The zero-order valence-corrected chi connectivity index (χ0v) is 12.0. The third kappa shape index (κ3) is 2.20. The molecule has 0 amide bonds. The first-order valence-corrected chi connectivity index (χ1v) is 6.64. The monoisotopic (exact) mass is 285 g/mol. The Balaban J connectivity index is 2.36. The summed E-state index contributed by atoms with van der Waals surface area (Å²) < 4.78 is 16.3. The van der Waals surface area contributed by atoms with E-state index in [4.69, 9.17) is 13.6 Å². The summed E-state index contributed by atoms with van der Waals surface area (Å²) in [5, 5.41) is 1.15. The van der Waals surface area contributed by atoms with Crippen molar-refractivity contribution in [2.45, 2.75) is 19.9 Å². The third-order valence-electron chi connectivity index (χ3n) is 3.19. The van der Waals surface area contributed by atoms with Crippen LogP contribution in [0.1, 0.15) is 19.4 Å². The van der Waals surface area contributed by atoms with Crippen molar-refractivity contribution >= 4 is 28.2 Å². The number of fused-ring (bicyclic) bond motifs is 2. The highest BCUT2D eigenvalue weighted by Gasteiger charge is 2.16. The van der Waals surface area contributed by atoms with E-state index in [9.17, 15) is 4.79 Å². The summed E-state index contributed by atoms with van der Waals surface area (Å²) in [5.74, 6) is 0.463. The minimum Gasteiger partial charge on any atom is -0.495 e. The molecule has 108 valence electrons. The van der Waals surface area contributed by atoms with E-state index in [1.807, 2.05) is 13.8 Å². The van der Waals surface area contributed by atoms with Crippen molar-refractivity contribution in [1.29, 1.82) is 0 Å². The Hall–Kier alpha value is -2.56. The zero-order chi connectivity index (χ0) is 15.0. The molecular formula is C16H15NO4. The van der Waals surface area contributed by atoms with Gasteiger partial charge in [-0.3, -0.25) is 9.79 Å². The van der Waals surface area contributed by atoms with Crippen LogP contribution in [0, 0.1) is 0 Å². The summed E-state index contributed by atoms with van der Waals surface area (Å²) in [6.07, 6.45) is 4.50. The molecule has 3 rings (SSSR count). The molecule has 0 unspecified atom stereocenters. The van der Waals surface area contributed by atoms with E-state index < -0.39 is 0 Å². The van der Waals surface area contributed by atoms with Gasteiger partial charge in [-0.1, -0.05) is 0 Å². The molecule has 0 spiro atoms. The topological polar surface area (TPSA) is 64.9 Å². The predicted octanol–water partition coefficient (Wildman–Crippen LogP) is 3.38. The van der Waals surface area contributed by atoms with Gasteiger partial charge in [0.25, 0.3) is 0 Å². The number of aliphatic imine (C=N–C) groups is 1. The molecule has 0 saturated heterocycles. The molecule has 5 nitrogen and oxygen atoms in total. The molecule has 1 aromatic carbocycles. The lowest BCUT2D eigenvalue weighted by molar-refractivity contribution is 0.423. The Morgan fingerprint density at radius 3 is 2.81 bits per heavy atom. The first-order valence-electron chi connectivity index (χ1n) is 6.64.